The zero-order valence-corrected chi connectivity index (χ0v) is 28.9. The number of fused-ring (bicyclic) bond motifs is 1. The Kier molecular flexibility index (Phi) is 10.6. The monoisotopic (exact) mass is 692 g/mol. The van der Waals surface area contributed by atoms with Crippen molar-refractivity contribution in [2.24, 2.45) is 4.99 Å². The number of amides is 1. The van der Waals surface area contributed by atoms with Gasteiger partial charge in [-0.15, -0.1) is 0 Å². The molecule has 1 fully saturated rings. The maximum absolute atomic E-state index is 12.7. The number of rotatable bonds is 9. The van der Waals surface area contributed by atoms with E-state index < -0.39 is 45.4 Å². The smallest absolute Gasteiger partial charge is 0.405 e. The van der Waals surface area contributed by atoms with Crippen LogP contribution in [0.3, 0.4) is 0 Å². The third-order valence-corrected chi connectivity index (χ3v) is 13.2. The second-order valence-electron chi connectivity index (χ2n) is 12.9. The van der Waals surface area contributed by atoms with Crippen LogP contribution in [0.15, 0.2) is 78.2 Å². The molecule has 1 saturated heterocycles. The molecule has 0 spiro atoms. The number of benzene rings is 2. The highest BCUT2D eigenvalue weighted by Crippen LogP contribution is 2.39. The van der Waals surface area contributed by atoms with E-state index in [1.807, 2.05) is 36.4 Å². The van der Waals surface area contributed by atoms with Crippen molar-refractivity contribution in [2.75, 3.05) is 27.2 Å². The summed E-state index contributed by atoms with van der Waals surface area (Å²) in [7, 11) is 0.674. The van der Waals surface area contributed by atoms with E-state index in [9.17, 15) is 23.1 Å². The number of aliphatic imine (C=N–C) groups is 1. The molecule has 4 aromatic rings. The van der Waals surface area contributed by atoms with Crippen LogP contribution in [0.25, 0.3) is 11.0 Å². The van der Waals surface area contributed by atoms with Crippen molar-refractivity contribution in [3.8, 4) is 11.8 Å². The number of hydrogen-bond donors (Lipinski definition) is 2. The Balaban J connectivity index is 1.46. The van der Waals surface area contributed by atoms with Crippen molar-refractivity contribution in [3.05, 3.63) is 78.8 Å². The lowest BCUT2D eigenvalue weighted by molar-refractivity contribution is -0.173. The zero-order valence-electron chi connectivity index (χ0n) is 27.9. The van der Waals surface area contributed by atoms with E-state index in [1.165, 1.54) is 6.33 Å². The first kappa shape index (κ1) is 35.7. The van der Waals surface area contributed by atoms with E-state index in [-0.39, 0.29) is 23.9 Å². The topological polar surface area (TPSA) is 114 Å². The molecule has 2 N–H and O–H groups in total. The minimum absolute atomic E-state index is 0.128. The fraction of sp³-hybridized carbons (Fsp3) is 0.371. The van der Waals surface area contributed by atoms with Crippen LogP contribution in [0, 0.1) is 11.8 Å². The molecule has 49 heavy (non-hydrogen) atoms. The molecule has 3 heterocycles. The molecule has 1 aliphatic heterocycles. The van der Waals surface area contributed by atoms with Crippen LogP contribution in [-0.2, 0) is 14.0 Å². The predicted molar refractivity (Wildman–Crippen MR) is 183 cm³/mol. The number of aromatic nitrogens is 3. The molecular formula is C35H39F3N6O4Si. The normalized spacial score (nSPS) is 18.4. The lowest BCUT2D eigenvalue weighted by Gasteiger charge is -2.43. The summed E-state index contributed by atoms with van der Waals surface area (Å²) < 4.78 is 53.2. The molecule has 0 aliphatic carbocycles. The fourth-order valence-corrected chi connectivity index (χ4v) is 10.6. The van der Waals surface area contributed by atoms with Crippen LogP contribution in [0.2, 0.25) is 5.04 Å². The summed E-state index contributed by atoms with van der Waals surface area (Å²) in [4.78, 5) is 26.2. The molecule has 10 nitrogen and oxygen atoms in total. The molecule has 0 bridgehead atoms. The number of aliphatic hydroxyl groups excluding tert-OH is 1. The van der Waals surface area contributed by atoms with E-state index in [2.05, 4.69) is 71.8 Å². The van der Waals surface area contributed by atoms with E-state index in [4.69, 9.17) is 9.16 Å². The molecule has 5 rings (SSSR count). The SMILES string of the molecule is CN(C)C=Nc1ncnc2c1c(C#CCNC(=O)C(F)(F)F)cn2[C@H]1CC(O)[C@@H](CO[Si](c2ccccc2)(c2ccccc2)C(C)(C)C)O1. The van der Waals surface area contributed by atoms with E-state index in [0.29, 0.717) is 16.6 Å². The van der Waals surface area contributed by atoms with Crippen LogP contribution >= 0.6 is 0 Å². The highest BCUT2D eigenvalue weighted by Gasteiger charge is 2.51. The Labute approximate surface area is 284 Å². The van der Waals surface area contributed by atoms with Crippen LogP contribution in [0.5, 0.6) is 0 Å². The van der Waals surface area contributed by atoms with Crippen molar-refractivity contribution in [1.29, 1.82) is 0 Å². The highest BCUT2D eigenvalue weighted by atomic mass is 28.4. The number of nitrogens with one attached hydrogen (secondary N) is 1. The quantitative estimate of drug-likeness (QED) is 0.118. The molecule has 2 aromatic heterocycles. The Bertz CT molecular complexity index is 1810. The van der Waals surface area contributed by atoms with Gasteiger partial charge in [0, 0.05) is 26.7 Å². The lowest BCUT2D eigenvalue weighted by atomic mass is 10.2. The number of aliphatic hydroxyl groups is 1. The zero-order chi connectivity index (χ0) is 35.4. The lowest BCUT2D eigenvalue weighted by Crippen LogP contribution is -2.67. The molecule has 3 atom stereocenters. The summed E-state index contributed by atoms with van der Waals surface area (Å²) in [5.74, 6) is 3.61. The van der Waals surface area contributed by atoms with Gasteiger partial charge in [0.1, 0.15) is 24.3 Å². The van der Waals surface area contributed by atoms with E-state index in [1.54, 1.807) is 41.4 Å². The summed E-state index contributed by atoms with van der Waals surface area (Å²) in [6, 6.07) is 20.4. The molecule has 1 amide bonds. The van der Waals surface area contributed by atoms with Gasteiger partial charge in [-0.05, 0) is 15.4 Å². The second-order valence-corrected chi connectivity index (χ2v) is 17.2. The maximum Gasteiger partial charge on any atom is 0.471 e. The van der Waals surface area contributed by atoms with Crippen LogP contribution in [0.1, 0.15) is 39.0 Å². The van der Waals surface area contributed by atoms with Gasteiger partial charge in [0.2, 0.25) is 0 Å². The van der Waals surface area contributed by atoms with Crippen LogP contribution < -0.4 is 15.7 Å². The van der Waals surface area contributed by atoms with Crippen molar-refractivity contribution in [3.63, 3.8) is 0 Å². The molecule has 0 radical (unpaired) electrons. The number of carbonyl (C=O) groups is 1. The predicted octanol–water partition coefficient (Wildman–Crippen LogP) is 3.91. The van der Waals surface area contributed by atoms with Crippen LogP contribution in [-0.4, -0.2) is 90.7 Å². The highest BCUT2D eigenvalue weighted by molar-refractivity contribution is 6.99. The van der Waals surface area contributed by atoms with Gasteiger partial charge >= 0.3 is 12.1 Å². The van der Waals surface area contributed by atoms with E-state index >= 15 is 0 Å². The summed E-state index contributed by atoms with van der Waals surface area (Å²) in [6.07, 6.45) is -2.48. The Morgan fingerprint density at radius 1 is 1.12 bits per heavy atom. The van der Waals surface area contributed by atoms with Crippen molar-refractivity contribution in [1.82, 2.24) is 24.8 Å². The molecule has 14 heteroatoms. The van der Waals surface area contributed by atoms with Gasteiger partial charge in [0.25, 0.3) is 8.32 Å². The van der Waals surface area contributed by atoms with Crippen molar-refractivity contribution < 1.29 is 32.2 Å². The average Bonchev–Trinajstić information content (AvgIpc) is 3.62. The van der Waals surface area contributed by atoms with E-state index in [0.717, 1.165) is 10.4 Å². The molecule has 1 aliphatic rings. The van der Waals surface area contributed by atoms with Gasteiger partial charge in [-0.2, -0.15) is 13.2 Å². The summed E-state index contributed by atoms with van der Waals surface area (Å²) in [6.45, 7) is 6.12. The minimum Gasteiger partial charge on any atom is -0.405 e. The third-order valence-electron chi connectivity index (χ3n) is 8.21. The number of alkyl halides is 3. The number of carbonyl (C=O) groups excluding carboxylic acids is 1. The first-order valence-corrected chi connectivity index (χ1v) is 17.6. The minimum atomic E-state index is -5.02. The number of nitrogens with zero attached hydrogens (tertiary/aromatic N) is 5. The van der Waals surface area contributed by atoms with Gasteiger partial charge in [-0.1, -0.05) is 93.3 Å². The van der Waals surface area contributed by atoms with Crippen LogP contribution in [0.4, 0.5) is 19.0 Å². The maximum atomic E-state index is 12.7. The molecule has 1 unspecified atom stereocenters. The Morgan fingerprint density at radius 3 is 2.33 bits per heavy atom. The van der Waals surface area contributed by atoms with Gasteiger partial charge in [-0.25, -0.2) is 15.0 Å². The van der Waals surface area contributed by atoms with Gasteiger partial charge < -0.3 is 29.1 Å². The molecular weight excluding hydrogens is 654 g/mol. The van der Waals surface area contributed by atoms with Gasteiger partial charge in [-0.3, -0.25) is 4.79 Å². The summed E-state index contributed by atoms with van der Waals surface area (Å²) >= 11 is 0. The number of halogens is 3. The first-order valence-electron chi connectivity index (χ1n) is 15.7. The summed E-state index contributed by atoms with van der Waals surface area (Å²) in [5, 5.41) is 15.4. The van der Waals surface area contributed by atoms with Crippen molar-refractivity contribution >= 4 is 47.8 Å². The average molecular weight is 693 g/mol. The molecule has 258 valence electrons. The van der Waals surface area contributed by atoms with Crippen molar-refractivity contribution in [2.45, 2.75) is 56.8 Å². The third kappa shape index (κ3) is 7.70. The summed E-state index contributed by atoms with van der Waals surface area (Å²) in [5.41, 5.74) is 0.781. The Morgan fingerprint density at radius 2 is 1.76 bits per heavy atom. The largest absolute Gasteiger partial charge is 0.471 e. The Hall–Kier alpha value is -4.55. The second kappa shape index (κ2) is 14.5. The molecule has 0 saturated carbocycles. The van der Waals surface area contributed by atoms with Gasteiger partial charge in [0.15, 0.2) is 5.82 Å². The van der Waals surface area contributed by atoms with Gasteiger partial charge in [0.05, 0.1) is 36.5 Å². The fourth-order valence-electron chi connectivity index (χ4n) is 6.02. The number of ether oxygens (including phenoxy) is 1. The standard InChI is InChI=1S/C35H39F3N6O4Si/c1-34(2,3)49(25-14-8-6-9-15-25,26-16-10-7-11-17-26)47-21-28-27(45)19-29(48-28)44-20-24(13-12-18-39-33(46)35(36,37)38)30-31(42-23-43(4)5)40-22-41-32(30)44/h6-11,14-17,20,22-23,27-29,45H,18-19,21H2,1-5H3,(H,39,46)/t27?,28-,29-/m1/s1. The molecule has 2 aromatic carbocycles. The number of hydrogen-bond acceptors (Lipinski definition) is 7. The first-order chi connectivity index (χ1) is 23.2.